The van der Waals surface area contributed by atoms with Gasteiger partial charge < -0.3 is 24.3 Å². The van der Waals surface area contributed by atoms with Crippen LogP contribution < -0.4 is 10.1 Å². The number of hydrogen-bond donors (Lipinski definition) is 1. The first-order valence-corrected chi connectivity index (χ1v) is 13.0. The Balaban J connectivity index is 1.62. The standard InChI is InChI=1S/C29H30INO7/c1-29(2,3)38-26(32)24(31-27(33)35-18-20-10-6-4-7-11-20)17-22-14-15-25(23(30)16-22)37-28(34)36-19-21-12-8-5-9-13-21/h4-16,24H,17-19H2,1-3H3,(H,31,33)/t24-/m0/s1. The van der Waals surface area contributed by atoms with Crippen LogP contribution >= 0.6 is 22.6 Å². The van der Waals surface area contributed by atoms with E-state index in [9.17, 15) is 14.4 Å². The number of amides is 1. The van der Waals surface area contributed by atoms with E-state index in [1.165, 1.54) is 0 Å². The summed E-state index contributed by atoms with van der Waals surface area (Å²) in [4.78, 5) is 37.5. The number of hydrogen-bond acceptors (Lipinski definition) is 7. The second-order valence-corrected chi connectivity index (χ2v) is 10.5. The minimum absolute atomic E-state index is 0.0675. The van der Waals surface area contributed by atoms with Crippen molar-refractivity contribution < 1.29 is 33.3 Å². The van der Waals surface area contributed by atoms with E-state index in [1.54, 1.807) is 39.0 Å². The molecule has 1 N–H and O–H groups in total. The van der Waals surface area contributed by atoms with Gasteiger partial charge in [-0.2, -0.15) is 0 Å². The normalized spacial score (nSPS) is 11.7. The fourth-order valence-electron chi connectivity index (χ4n) is 3.30. The molecule has 0 unspecified atom stereocenters. The monoisotopic (exact) mass is 631 g/mol. The van der Waals surface area contributed by atoms with Crippen LogP contribution in [0.3, 0.4) is 0 Å². The zero-order chi connectivity index (χ0) is 27.5. The zero-order valence-electron chi connectivity index (χ0n) is 21.4. The molecule has 200 valence electrons. The predicted octanol–water partition coefficient (Wildman–Crippen LogP) is 6.19. The Bertz CT molecular complexity index is 1230. The molecule has 0 aliphatic carbocycles. The third-order valence-corrected chi connectivity index (χ3v) is 5.87. The lowest BCUT2D eigenvalue weighted by Gasteiger charge is -2.24. The van der Waals surface area contributed by atoms with E-state index < -0.39 is 29.9 Å². The van der Waals surface area contributed by atoms with E-state index in [-0.39, 0.29) is 19.6 Å². The van der Waals surface area contributed by atoms with Gasteiger partial charge >= 0.3 is 18.2 Å². The summed E-state index contributed by atoms with van der Waals surface area (Å²) in [6.45, 7) is 5.42. The van der Waals surface area contributed by atoms with Gasteiger partial charge in [0, 0.05) is 6.42 Å². The van der Waals surface area contributed by atoms with Crippen LogP contribution in [0, 0.1) is 3.57 Å². The first-order chi connectivity index (χ1) is 18.1. The van der Waals surface area contributed by atoms with Crippen LogP contribution in [-0.4, -0.2) is 29.9 Å². The highest BCUT2D eigenvalue weighted by Gasteiger charge is 2.28. The van der Waals surface area contributed by atoms with E-state index >= 15 is 0 Å². The predicted molar refractivity (Wildman–Crippen MR) is 150 cm³/mol. The fraction of sp³-hybridized carbons (Fsp3) is 0.276. The quantitative estimate of drug-likeness (QED) is 0.130. The van der Waals surface area contributed by atoms with Gasteiger partial charge in [-0.05, 0) is 72.2 Å². The molecule has 38 heavy (non-hydrogen) atoms. The van der Waals surface area contributed by atoms with Crippen LogP contribution in [-0.2, 0) is 38.6 Å². The summed E-state index contributed by atoms with van der Waals surface area (Å²) in [5, 5.41) is 2.61. The van der Waals surface area contributed by atoms with E-state index in [1.807, 2.05) is 83.3 Å². The number of halogens is 1. The third kappa shape index (κ3) is 10.0. The maximum absolute atomic E-state index is 12.9. The molecule has 0 aromatic heterocycles. The number of benzene rings is 3. The van der Waals surface area contributed by atoms with Crippen molar-refractivity contribution in [2.45, 2.75) is 52.0 Å². The topological polar surface area (TPSA) is 100 Å². The molecule has 0 fully saturated rings. The van der Waals surface area contributed by atoms with Crippen molar-refractivity contribution in [3.63, 3.8) is 0 Å². The maximum atomic E-state index is 12.9. The summed E-state index contributed by atoms with van der Waals surface area (Å²) in [6.07, 6.45) is -1.42. The molecule has 0 bridgehead atoms. The Morgan fingerprint density at radius 2 is 1.39 bits per heavy atom. The highest BCUT2D eigenvalue weighted by Crippen LogP contribution is 2.24. The smallest absolute Gasteiger partial charge is 0.458 e. The Kier molecular flexibility index (Phi) is 10.5. The molecule has 0 spiro atoms. The molecular weight excluding hydrogens is 601 g/mol. The van der Waals surface area contributed by atoms with Crippen molar-refractivity contribution in [1.82, 2.24) is 5.32 Å². The number of ether oxygens (including phenoxy) is 4. The fourth-order valence-corrected chi connectivity index (χ4v) is 3.99. The van der Waals surface area contributed by atoms with Crippen molar-refractivity contribution in [2.24, 2.45) is 0 Å². The number of esters is 1. The van der Waals surface area contributed by atoms with Crippen molar-refractivity contribution >= 4 is 40.8 Å². The van der Waals surface area contributed by atoms with Gasteiger partial charge in [-0.3, -0.25) is 0 Å². The summed E-state index contributed by atoms with van der Waals surface area (Å²) >= 11 is 2.03. The molecule has 3 rings (SSSR count). The SMILES string of the molecule is CC(C)(C)OC(=O)[C@H](Cc1ccc(OC(=O)OCc2ccccc2)c(I)c1)NC(=O)OCc1ccccc1. The molecular formula is C29H30INO7. The van der Waals surface area contributed by atoms with E-state index in [4.69, 9.17) is 18.9 Å². The Morgan fingerprint density at radius 3 is 1.95 bits per heavy atom. The molecule has 1 amide bonds. The van der Waals surface area contributed by atoms with Gasteiger partial charge in [0.05, 0.1) is 3.57 Å². The van der Waals surface area contributed by atoms with Crippen LogP contribution in [0.4, 0.5) is 9.59 Å². The van der Waals surface area contributed by atoms with Crippen LogP contribution in [0.15, 0.2) is 78.9 Å². The highest BCUT2D eigenvalue weighted by atomic mass is 127. The Morgan fingerprint density at radius 1 is 0.816 bits per heavy atom. The first kappa shape index (κ1) is 29.0. The van der Waals surface area contributed by atoms with Crippen molar-refractivity contribution in [3.05, 3.63) is 99.1 Å². The van der Waals surface area contributed by atoms with Crippen LogP contribution in [0.2, 0.25) is 0 Å². The van der Waals surface area contributed by atoms with Gasteiger partial charge in [0.25, 0.3) is 0 Å². The van der Waals surface area contributed by atoms with Gasteiger partial charge in [-0.15, -0.1) is 0 Å². The van der Waals surface area contributed by atoms with E-state index in [0.29, 0.717) is 9.32 Å². The van der Waals surface area contributed by atoms with Gasteiger partial charge in [-0.25, -0.2) is 14.4 Å². The molecule has 0 aliphatic rings. The van der Waals surface area contributed by atoms with E-state index in [2.05, 4.69) is 5.32 Å². The number of nitrogens with one attached hydrogen (secondary N) is 1. The molecule has 1 atom stereocenters. The molecule has 9 heteroatoms. The maximum Gasteiger partial charge on any atom is 0.514 e. The zero-order valence-corrected chi connectivity index (χ0v) is 23.6. The summed E-state index contributed by atoms with van der Waals surface area (Å²) in [6, 6.07) is 22.6. The molecule has 3 aromatic carbocycles. The van der Waals surface area contributed by atoms with Gasteiger partial charge in [-0.1, -0.05) is 66.7 Å². The van der Waals surface area contributed by atoms with Crippen molar-refractivity contribution in [3.8, 4) is 5.75 Å². The molecule has 0 saturated heterocycles. The highest BCUT2D eigenvalue weighted by molar-refractivity contribution is 14.1. The van der Waals surface area contributed by atoms with Gasteiger partial charge in [0.2, 0.25) is 0 Å². The third-order valence-electron chi connectivity index (χ3n) is 5.03. The molecule has 0 radical (unpaired) electrons. The number of alkyl carbamates (subject to hydrolysis) is 1. The second kappa shape index (κ2) is 13.8. The summed E-state index contributed by atoms with van der Waals surface area (Å²) in [5.74, 6) is -0.273. The number of rotatable bonds is 9. The minimum atomic E-state index is -0.990. The van der Waals surface area contributed by atoms with E-state index in [0.717, 1.165) is 16.7 Å². The van der Waals surface area contributed by atoms with Crippen molar-refractivity contribution in [2.75, 3.05) is 0 Å². The average molecular weight is 631 g/mol. The lowest BCUT2D eigenvalue weighted by atomic mass is 10.1. The lowest BCUT2D eigenvalue weighted by Crippen LogP contribution is -2.45. The number of carbonyl (C=O) groups is 3. The lowest BCUT2D eigenvalue weighted by molar-refractivity contribution is -0.157. The molecule has 0 saturated carbocycles. The van der Waals surface area contributed by atoms with Crippen LogP contribution in [0.5, 0.6) is 5.75 Å². The molecule has 3 aromatic rings. The van der Waals surface area contributed by atoms with Crippen LogP contribution in [0.25, 0.3) is 0 Å². The summed E-state index contributed by atoms with van der Waals surface area (Å²) in [5.41, 5.74) is 1.65. The minimum Gasteiger partial charge on any atom is -0.458 e. The molecule has 8 nitrogen and oxygen atoms in total. The summed E-state index contributed by atoms with van der Waals surface area (Å²) < 4.78 is 21.9. The van der Waals surface area contributed by atoms with Gasteiger partial charge in [0.1, 0.15) is 30.6 Å². The molecule has 0 aliphatic heterocycles. The Labute approximate surface area is 235 Å². The largest absolute Gasteiger partial charge is 0.514 e. The van der Waals surface area contributed by atoms with Gasteiger partial charge in [0.15, 0.2) is 0 Å². The summed E-state index contributed by atoms with van der Waals surface area (Å²) in [7, 11) is 0. The first-order valence-electron chi connectivity index (χ1n) is 12.0. The Hall–Kier alpha value is -3.60. The second-order valence-electron chi connectivity index (χ2n) is 9.39. The molecule has 0 heterocycles. The van der Waals surface area contributed by atoms with Crippen LogP contribution in [0.1, 0.15) is 37.5 Å². The average Bonchev–Trinajstić information content (AvgIpc) is 2.88. The van der Waals surface area contributed by atoms with Crippen molar-refractivity contribution in [1.29, 1.82) is 0 Å². The number of carbonyl (C=O) groups excluding carboxylic acids is 3.